The van der Waals surface area contributed by atoms with E-state index in [-0.39, 0.29) is 47.0 Å². The number of aliphatic hydroxyl groups excluding tert-OH is 1. The molecule has 154 valence electrons. The minimum atomic E-state index is -0.371. The smallest absolute Gasteiger partial charge is 0.303 e. The van der Waals surface area contributed by atoms with Crippen LogP contribution >= 0.6 is 0 Å². The lowest BCUT2D eigenvalue weighted by atomic mass is 9.46. The molecule has 4 rings (SSSR count). The average molecular weight is 389 g/mol. The molecule has 0 aromatic rings. The van der Waals surface area contributed by atoms with Crippen molar-refractivity contribution in [2.24, 2.45) is 34.5 Å². The largest absolute Gasteiger partial charge is 0.458 e. The summed E-state index contributed by atoms with van der Waals surface area (Å²) in [5, 5.41) is 9.45. The van der Waals surface area contributed by atoms with Crippen molar-refractivity contribution in [3.05, 3.63) is 11.6 Å². The Morgan fingerprint density at radius 2 is 1.93 bits per heavy atom. The molecule has 0 aromatic carbocycles. The van der Waals surface area contributed by atoms with Gasteiger partial charge in [0, 0.05) is 19.3 Å². The normalized spacial score (nSPS) is 44.8. The van der Waals surface area contributed by atoms with Gasteiger partial charge in [0.2, 0.25) is 0 Å². The Bertz CT molecular complexity index is 739. The van der Waals surface area contributed by atoms with Crippen LogP contribution in [-0.2, 0) is 19.1 Å². The van der Waals surface area contributed by atoms with Crippen LogP contribution in [0, 0.1) is 34.5 Å². The van der Waals surface area contributed by atoms with E-state index < -0.39 is 0 Å². The molecule has 3 saturated carbocycles. The first-order chi connectivity index (χ1) is 13.2. The molecule has 4 aliphatic rings. The monoisotopic (exact) mass is 388 g/mol. The summed E-state index contributed by atoms with van der Waals surface area (Å²) in [4.78, 5) is 36.4. The van der Waals surface area contributed by atoms with E-state index in [1.165, 1.54) is 6.92 Å². The van der Waals surface area contributed by atoms with Crippen molar-refractivity contribution >= 4 is 17.5 Å². The highest BCUT2D eigenvalue weighted by Gasteiger charge is 2.61. The van der Waals surface area contributed by atoms with E-state index >= 15 is 0 Å². The summed E-state index contributed by atoms with van der Waals surface area (Å²) in [7, 11) is 0. The van der Waals surface area contributed by atoms with Crippen molar-refractivity contribution in [2.75, 3.05) is 6.61 Å². The zero-order chi connectivity index (χ0) is 20.3. The van der Waals surface area contributed by atoms with E-state index in [9.17, 15) is 19.5 Å². The van der Waals surface area contributed by atoms with Crippen LogP contribution in [0.25, 0.3) is 0 Å². The van der Waals surface area contributed by atoms with Crippen LogP contribution in [0.2, 0.25) is 0 Å². The lowest BCUT2D eigenvalue weighted by Gasteiger charge is -2.59. The number of Topliss-reactive ketones (excluding diaryl/α,β-unsaturated/α-hetero) is 1. The molecule has 0 aromatic heterocycles. The van der Waals surface area contributed by atoms with E-state index in [0.29, 0.717) is 24.2 Å². The van der Waals surface area contributed by atoms with E-state index in [1.54, 1.807) is 6.08 Å². The van der Waals surface area contributed by atoms with Gasteiger partial charge in [-0.15, -0.1) is 0 Å². The number of hydrogen-bond acceptors (Lipinski definition) is 5. The van der Waals surface area contributed by atoms with Crippen molar-refractivity contribution in [1.82, 2.24) is 0 Å². The van der Waals surface area contributed by atoms with Gasteiger partial charge in [-0.05, 0) is 78.8 Å². The van der Waals surface area contributed by atoms with Crippen molar-refractivity contribution in [1.29, 1.82) is 0 Å². The number of fused-ring (bicyclic) bond motifs is 5. The molecule has 1 N–H and O–H groups in total. The third kappa shape index (κ3) is 2.80. The fourth-order valence-electron chi connectivity index (χ4n) is 7.53. The molecule has 0 aliphatic heterocycles. The maximum Gasteiger partial charge on any atom is 0.303 e. The maximum absolute atomic E-state index is 12.4. The first kappa shape index (κ1) is 19.8. The lowest BCUT2D eigenvalue weighted by Crippen LogP contribution is -2.55. The van der Waals surface area contributed by atoms with Crippen LogP contribution in [-0.4, -0.2) is 35.4 Å². The second kappa shape index (κ2) is 6.79. The van der Waals surface area contributed by atoms with Crippen LogP contribution < -0.4 is 0 Å². The maximum atomic E-state index is 12.4. The second-order valence-electron chi connectivity index (χ2n) is 9.99. The molecule has 0 amide bonds. The summed E-state index contributed by atoms with van der Waals surface area (Å²) < 4.78 is 5.73. The van der Waals surface area contributed by atoms with Gasteiger partial charge >= 0.3 is 5.97 Å². The third-order valence-electron chi connectivity index (χ3n) is 8.81. The minimum Gasteiger partial charge on any atom is -0.458 e. The van der Waals surface area contributed by atoms with Gasteiger partial charge < -0.3 is 9.84 Å². The highest BCUT2D eigenvalue weighted by Crippen LogP contribution is 2.66. The second-order valence-corrected chi connectivity index (χ2v) is 9.99. The molecule has 0 radical (unpaired) electrons. The number of aliphatic hydroxyl groups is 1. The first-order valence-electron chi connectivity index (χ1n) is 10.8. The van der Waals surface area contributed by atoms with E-state index in [2.05, 4.69) is 13.8 Å². The Morgan fingerprint density at radius 1 is 1.18 bits per heavy atom. The Labute approximate surface area is 166 Å². The first-order valence-corrected chi connectivity index (χ1v) is 10.8. The molecule has 5 heteroatoms. The van der Waals surface area contributed by atoms with Crippen LogP contribution in [0.15, 0.2) is 11.6 Å². The van der Waals surface area contributed by atoms with E-state index in [4.69, 9.17) is 4.74 Å². The highest BCUT2D eigenvalue weighted by molar-refractivity contribution is 5.92. The topological polar surface area (TPSA) is 80.7 Å². The quantitative estimate of drug-likeness (QED) is 0.751. The van der Waals surface area contributed by atoms with Gasteiger partial charge in [0.05, 0.1) is 0 Å². The van der Waals surface area contributed by atoms with Gasteiger partial charge in [0.1, 0.15) is 12.7 Å². The fourth-order valence-corrected chi connectivity index (χ4v) is 7.53. The molecule has 28 heavy (non-hydrogen) atoms. The predicted molar refractivity (Wildman–Crippen MR) is 103 cm³/mol. The molecule has 3 fully saturated rings. The average Bonchev–Trinajstić information content (AvgIpc) is 2.99. The Hall–Kier alpha value is -1.49. The van der Waals surface area contributed by atoms with Gasteiger partial charge in [0.15, 0.2) is 11.6 Å². The Kier molecular flexibility index (Phi) is 4.80. The number of carbonyl (C=O) groups is 3. The summed E-state index contributed by atoms with van der Waals surface area (Å²) >= 11 is 0. The Balaban J connectivity index is 1.71. The number of carbonyl (C=O) groups excluding carboxylic acids is 3. The van der Waals surface area contributed by atoms with Crippen molar-refractivity contribution < 1.29 is 24.2 Å². The highest BCUT2D eigenvalue weighted by atomic mass is 16.5. The fraction of sp³-hybridized carbons (Fsp3) is 0.783. The molecule has 0 saturated heterocycles. The SMILES string of the molecule is CC(=O)O[C@H]1C[C@H]2[C@@H]3CC[C@H](C(=O)CO)[C@@]3(C)CC[C@@H]2[C@@]2(C)CCC(=O)C=C12. The van der Waals surface area contributed by atoms with Crippen LogP contribution in [0.5, 0.6) is 0 Å². The van der Waals surface area contributed by atoms with Crippen LogP contribution in [0.4, 0.5) is 0 Å². The zero-order valence-electron chi connectivity index (χ0n) is 17.2. The molecule has 5 nitrogen and oxygen atoms in total. The summed E-state index contributed by atoms with van der Waals surface area (Å²) in [5.74, 6) is 0.996. The van der Waals surface area contributed by atoms with Gasteiger partial charge in [-0.3, -0.25) is 14.4 Å². The number of hydrogen-bond donors (Lipinski definition) is 1. The Morgan fingerprint density at radius 3 is 2.61 bits per heavy atom. The molecule has 0 spiro atoms. The summed E-state index contributed by atoms with van der Waals surface area (Å²) in [6.07, 6.45) is 7.42. The van der Waals surface area contributed by atoms with Gasteiger partial charge in [-0.2, -0.15) is 0 Å². The number of rotatable bonds is 3. The van der Waals surface area contributed by atoms with Gasteiger partial charge in [-0.25, -0.2) is 0 Å². The van der Waals surface area contributed by atoms with Gasteiger partial charge in [-0.1, -0.05) is 13.8 Å². The van der Waals surface area contributed by atoms with Crippen molar-refractivity contribution in [3.63, 3.8) is 0 Å². The molecule has 0 unspecified atom stereocenters. The number of ketones is 2. The standard InChI is InChI=1S/C23H32O5/c1-13(25)28-21-11-15-16-4-5-18(20(27)12-24)22(16,2)9-7-17(15)23(3)8-6-14(26)10-19(21)23/h10,15-18,21,24H,4-9,11-12H2,1-3H3/t15-,16-,17-,18+,21-,22-,23+/m0/s1. The zero-order valence-corrected chi connectivity index (χ0v) is 17.2. The molecule has 4 aliphatic carbocycles. The number of esters is 1. The van der Waals surface area contributed by atoms with E-state index in [1.807, 2.05) is 0 Å². The van der Waals surface area contributed by atoms with Crippen LogP contribution in [0.1, 0.15) is 65.7 Å². The summed E-state index contributed by atoms with van der Waals surface area (Å²) in [6.45, 7) is 5.56. The van der Waals surface area contributed by atoms with Crippen molar-refractivity contribution in [3.8, 4) is 0 Å². The summed E-state index contributed by atoms with van der Waals surface area (Å²) in [6, 6.07) is 0. The van der Waals surface area contributed by atoms with Crippen molar-refractivity contribution in [2.45, 2.75) is 71.8 Å². The minimum absolute atomic E-state index is 0.0224. The van der Waals surface area contributed by atoms with Gasteiger partial charge in [0.25, 0.3) is 0 Å². The summed E-state index contributed by atoms with van der Waals surface area (Å²) in [5.41, 5.74) is 0.825. The van der Waals surface area contributed by atoms with Crippen LogP contribution in [0.3, 0.4) is 0 Å². The molecular formula is C23H32O5. The predicted octanol–water partition coefficient (Wildman–Crippen LogP) is 3.24. The molecule has 0 bridgehead atoms. The molecular weight excluding hydrogens is 356 g/mol. The third-order valence-corrected chi connectivity index (χ3v) is 8.81. The number of ether oxygens (including phenoxy) is 1. The van der Waals surface area contributed by atoms with E-state index in [0.717, 1.165) is 44.1 Å². The lowest BCUT2D eigenvalue weighted by molar-refractivity contribution is -0.153. The molecule has 0 heterocycles. The molecule has 7 atom stereocenters.